The third kappa shape index (κ3) is 10.2. The molecule has 15 heavy (non-hydrogen) atoms. The van der Waals surface area contributed by atoms with Gasteiger partial charge in [0.1, 0.15) is 0 Å². The van der Waals surface area contributed by atoms with E-state index in [4.69, 9.17) is 4.74 Å². The fourth-order valence-electron chi connectivity index (χ4n) is 1.81. The summed E-state index contributed by atoms with van der Waals surface area (Å²) < 4.78 is 5.77. The van der Waals surface area contributed by atoms with Crippen molar-refractivity contribution in [1.82, 2.24) is 5.32 Å². The lowest BCUT2D eigenvalue weighted by atomic mass is 10.1. The lowest BCUT2D eigenvalue weighted by Gasteiger charge is -2.18. The second-order valence-corrected chi connectivity index (χ2v) is 4.44. The molecule has 0 aromatic rings. The maximum atomic E-state index is 5.77. The maximum absolute atomic E-state index is 5.77. The summed E-state index contributed by atoms with van der Waals surface area (Å²) in [7, 11) is 0. The van der Waals surface area contributed by atoms with Gasteiger partial charge in [-0.25, -0.2) is 0 Å². The number of ether oxygens (including phenoxy) is 1. The highest BCUT2D eigenvalue weighted by Crippen LogP contribution is 2.05. The minimum atomic E-state index is 0.390. The van der Waals surface area contributed by atoms with Gasteiger partial charge in [-0.3, -0.25) is 0 Å². The molecule has 2 nitrogen and oxygen atoms in total. The molecule has 0 aliphatic heterocycles. The van der Waals surface area contributed by atoms with Crippen LogP contribution in [0, 0.1) is 0 Å². The van der Waals surface area contributed by atoms with Crippen molar-refractivity contribution < 1.29 is 4.74 Å². The number of rotatable bonds is 10. The first-order valence-corrected chi connectivity index (χ1v) is 6.55. The average molecular weight is 215 g/mol. The van der Waals surface area contributed by atoms with E-state index in [-0.39, 0.29) is 0 Å². The molecule has 1 N–H and O–H groups in total. The highest BCUT2D eigenvalue weighted by atomic mass is 16.5. The monoisotopic (exact) mass is 215 g/mol. The maximum Gasteiger partial charge on any atom is 0.0561 e. The van der Waals surface area contributed by atoms with E-state index in [0.29, 0.717) is 12.1 Å². The largest absolute Gasteiger partial charge is 0.378 e. The first-order valence-electron chi connectivity index (χ1n) is 6.55. The Hall–Kier alpha value is -0.0800. The van der Waals surface area contributed by atoms with Gasteiger partial charge >= 0.3 is 0 Å². The number of hydrogen-bond acceptors (Lipinski definition) is 2. The van der Waals surface area contributed by atoms with Crippen LogP contribution >= 0.6 is 0 Å². The van der Waals surface area contributed by atoms with Crippen molar-refractivity contribution in [2.75, 3.05) is 13.2 Å². The fraction of sp³-hybridized carbons (Fsp3) is 1.00. The van der Waals surface area contributed by atoms with Gasteiger partial charge in [0.25, 0.3) is 0 Å². The molecule has 0 aromatic carbocycles. The van der Waals surface area contributed by atoms with Crippen LogP contribution < -0.4 is 5.32 Å². The molecule has 0 saturated heterocycles. The molecular formula is C13H29NO. The lowest BCUT2D eigenvalue weighted by molar-refractivity contribution is 0.0518. The van der Waals surface area contributed by atoms with Gasteiger partial charge in [0.05, 0.1) is 6.10 Å². The summed E-state index contributed by atoms with van der Waals surface area (Å²) in [5.74, 6) is 0. The SMILES string of the molecule is CCCCCCOC(C)CC(C)NCC. The Labute approximate surface area is 95.8 Å². The van der Waals surface area contributed by atoms with Gasteiger partial charge in [0, 0.05) is 12.6 Å². The van der Waals surface area contributed by atoms with Crippen molar-refractivity contribution in [3.63, 3.8) is 0 Å². The normalized spacial score (nSPS) is 15.2. The van der Waals surface area contributed by atoms with Gasteiger partial charge in [-0.2, -0.15) is 0 Å². The molecule has 0 aliphatic carbocycles. The van der Waals surface area contributed by atoms with Crippen molar-refractivity contribution in [3.8, 4) is 0 Å². The lowest BCUT2D eigenvalue weighted by Crippen LogP contribution is -2.29. The molecule has 0 radical (unpaired) electrons. The van der Waals surface area contributed by atoms with E-state index in [1.165, 1.54) is 25.7 Å². The first kappa shape index (κ1) is 14.9. The smallest absolute Gasteiger partial charge is 0.0561 e. The summed E-state index contributed by atoms with van der Waals surface area (Å²) in [5, 5.41) is 3.41. The van der Waals surface area contributed by atoms with E-state index < -0.39 is 0 Å². The molecule has 92 valence electrons. The Morgan fingerprint density at radius 1 is 1.07 bits per heavy atom. The van der Waals surface area contributed by atoms with Crippen LogP contribution in [0.2, 0.25) is 0 Å². The van der Waals surface area contributed by atoms with Crippen LogP contribution in [0.15, 0.2) is 0 Å². The summed E-state index contributed by atoms with van der Waals surface area (Å²) in [6, 6.07) is 0.570. The molecule has 0 amide bonds. The molecule has 0 spiro atoms. The fourth-order valence-corrected chi connectivity index (χ4v) is 1.81. The summed E-state index contributed by atoms with van der Waals surface area (Å²) in [4.78, 5) is 0. The molecule has 2 atom stereocenters. The van der Waals surface area contributed by atoms with Crippen LogP contribution in [-0.2, 0) is 4.74 Å². The molecule has 0 aliphatic rings. The number of unbranched alkanes of at least 4 members (excludes halogenated alkanes) is 3. The van der Waals surface area contributed by atoms with E-state index in [2.05, 4.69) is 33.0 Å². The third-order valence-corrected chi connectivity index (χ3v) is 2.64. The molecular weight excluding hydrogens is 186 g/mol. The van der Waals surface area contributed by atoms with Crippen LogP contribution in [0.1, 0.15) is 59.8 Å². The zero-order valence-corrected chi connectivity index (χ0v) is 11.0. The van der Waals surface area contributed by atoms with Crippen LogP contribution in [0.3, 0.4) is 0 Å². The third-order valence-electron chi connectivity index (χ3n) is 2.64. The zero-order valence-electron chi connectivity index (χ0n) is 11.0. The second-order valence-electron chi connectivity index (χ2n) is 4.44. The molecule has 0 heterocycles. The Morgan fingerprint density at radius 2 is 1.80 bits per heavy atom. The van der Waals surface area contributed by atoms with E-state index >= 15 is 0 Å². The van der Waals surface area contributed by atoms with Gasteiger partial charge < -0.3 is 10.1 Å². The zero-order chi connectivity index (χ0) is 11.5. The molecule has 2 heteroatoms. The van der Waals surface area contributed by atoms with Crippen molar-refractivity contribution >= 4 is 0 Å². The predicted molar refractivity (Wildman–Crippen MR) is 67.3 cm³/mol. The summed E-state index contributed by atoms with van der Waals surface area (Å²) in [5.41, 5.74) is 0. The molecule has 0 aromatic heterocycles. The van der Waals surface area contributed by atoms with E-state index in [1.807, 2.05) is 0 Å². The Morgan fingerprint density at radius 3 is 2.40 bits per heavy atom. The highest BCUT2D eigenvalue weighted by molar-refractivity contribution is 4.63. The summed E-state index contributed by atoms with van der Waals surface area (Å²) >= 11 is 0. The average Bonchev–Trinajstić information content (AvgIpc) is 2.17. The number of nitrogens with one attached hydrogen (secondary N) is 1. The Balaban J connectivity index is 3.28. The first-order chi connectivity index (χ1) is 7.20. The van der Waals surface area contributed by atoms with Crippen molar-refractivity contribution in [1.29, 1.82) is 0 Å². The molecule has 0 bridgehead atoms. The van der Waals surface area contributed by atoms with E-state index in [1.54, 1.807) is 0 Å². The van der Waals surface area contributed by atoms with E-state index in [0.717, 1.165) is 19.6 Å². The van der Waals surface area contributed by atoms with Gasteiger partial charge in [-0.1, -0.05) is 33.1 Å². The van der Waals surface area contributed by atoms with E-state index in [9.17, 15) is 0 Å². The van der Waals surface area contributed by atoms with Crippen molar-refractivity contribution in [3.05, 3.63) is 0 Å². The topological polar surface area (TPSA) is 21.3 Å². The highest BCUT2D eigenvalue weighted by Gasteiger charge is 2.07. The summed E-state index contributed by atoms with van der Waals surface area (Å²) in [6.45, 7) is 10.8. The quantitative estimate of drug-likeness (QED) is 0.564. The van der Waals surface area contributed by atoms with Gasteiger partial charge in [0.2, 0.25) is 0 Å². The van der Waals surface area contributed by atoms with Crippen molar-refractivity contribution in [2.45, 2.75) is 71.9 Å². The van der Waals surface area contributed by atoms with Gasteiger partial charge in [-0.05, 0) is 33.2 Å². The number of hydrogen-bond donors (Lipinski definition) is 1. The van der Waals surface area contributed by atoms with Gasteiger partial charge in [-0.15, -0.1) is 0 Å². The van der Waals surface area contributed by atoms with Gasteiger partial charge in [0.15, 0.2) is 0 Å². The Bertz CT molecular complexity index is 128. The molecule has 0 saturated carbocycles. The summed E-state index contributed by atoms with van der Waals surface area (Å²) in [6.07, 6.45) is 6.67. The predicted octanol–water partition coefficient (Wildman–Crippen LogP) is 3.36. The van der Waals surface area contributed by atoms with Crippen LogP contribution in [0.25, 0.3) is 0 Å². The molecule has 0 rings (SSSR count). The standard InChI is InChI=1S/C13H29NO/c1-5-7-8-9-10-15-13(4)11-12(3)14-6-2/h12-14H,5-11H2,1-4H3. The van der Waals surface area contributed by atoms with Crippen LogP contribution in [0.4, 0.5) is 0 Å². The van der Waals surface area contributed by atoms with Crippen LogP contribution in [-0.4, -0.2) is 25.3 Å². The molecule has 2 unspecified atom stereocenters. The molecule has 0 fully saturated rings. The Kier molecular flexibility index (Phi) is 10.4. The second kappa shape index (κ2) is 10.4. The van der Waals surface area contributed by atoms with Crippen LogP contribution in [0.5, 0.6) is 0 Å². The minimum absolute atomic E-state index is 0.390. The van der Waals surface area contributed by atoms with Crippen molar-refractivity contribution in [2.24, 2.45) is 0 Å². The minimum Gasteiger partial charge on any atom is -0.378 e.